The van der Waals surface area contributed by atoms with Gasteiger partial charge in [-0.15, -0.1) is 0 Å². The third-order valence-corrected chi connectivity index (χ3v) is 23.6. The molecule has 0 saturated heterocycles. The first-order valence-electron chi connectivity index (χ1n) is 32.1. The molecule has 2 heteroatoms. The summed E-state index contributed by atoms with van der Waals surface area (Å²) >= 11 is 0. The van der Waals surface area contributed by atoms with E-state index in [1.54, 1.807) is 0 Å². The highest BCUT2D eigenvalue weighted by Crippen LogP contribution is 2.67. The molecule has 4 aliphatic carbocycles. The Bertz CT molecular complexity index is 4430. The Kier molecular flexibility index (Phi) is 10.4. The molecule has 6 aliphatic rings. The third-order valence-electron chi connectivity index (χ3n) is 23.6. The Morgan fingerprint density at radius 2 is 0.788 bits per heavy atom. The predicted molar refractivity (Wildman–Crippen MR) is 360 cm³/mol. The van der Waals surface area contributed by atoms with Crippen molar-refractivity contribution in [1.82, 2.24) is 0 Å². The Morgan fingerprint density at radius 3 is 1.29 bits per heavy atom. The zero-order valence-corrected chi connectivity index (χ0v) is 51.5. The lowest BCUT2D eigenvalue weighted by molar-refractivity contribution is 0.195. The van der Waals surface area contributed by atoms with E-state index in [4.69, 9.17) is 0 Å². The summed E-state index contributed by atoms with van der Waals surface area (Å²) < 4.78 is 0. The second-order valence-electron chi connectivity index (χ2n) is 29.8. The van der Waals surface area contributed by atoms with Crippen molar-refractivity contribution < 1.29 is 0 Å². The van der Waals surface area contributed by atoms with Crippen LogP contribution in [0.15, 0.2) is 194 Å². The van der Waals surface area contributed by atoms with Crippen molar-refractivity contribution in [1.29, 1.82) is 0 Å². The van der Waals surface area contributed by atoms with Crippen LogP contribution >= 0.6 is 0 Å². The standard InChI is InChI=1S/C83H78N2/c1-77(2,3)58-29-33-60(34-30-58)84-72-40-27-55(48-69(72)79(7)42-13-15-44-81(79,84)9)53-25-37-62-63-38-26-54(56-28-41-73-70(49-56)80(8)43-14-16-45-82(80,10)85(73)61-35-31-59(32-36-61)78(4,5)6)47-68(63)83(67(62)46-53)66-21-12-11-20-64(66)76-65-39-24-52-19-17-18-51-22-23-57(50-71(76)83)75(65)74(51)52/h11-12,17-41,46-50H,13-16,42-45H2,1-10H3. The highest BCUT2D eigenvalue weighted by molar-refractivity contribution is 6.27. The third kappa shape index (κ3) is 6.62. The summed E-state index contributed by atoms with van der Waals surface area (Å²) in [5, 5.41) is 8.02. The van der Waals surface area contributed by atoms with Gasteiger partial charge in [0.05, 0.1) is 16.5 Å². The molecule has 2 saturated carbocycles. The lowest BCUT2D eigenvalue weighted by Crippen LogP contribution is -2.54. The predicted octanol–water partition coefficient (Wildman–Crippen LogP) is 22.3. The van der Waals surface area contributed by atoms with Crippen LogP contribution in [0.3, 0.4) is 0 Å². The number of rotatable bonds is 4. The summed E-state index contributed by atoms with van der Waals surface area (Å²) in [5.74, 6) is 0. The number of fused-ring (bicyclic) bond motifs is 17. The fourth-order valence-electron chi connectivity index (χ4n) is 18.7. The van der Waals surface area contributed by atoms with Crippen LogP contribution in [-0.4, -0.2) is 11.1 Å². The highest BCUT2D eigenvalue weighted by Gasteiger charge is 2.60. The maximum absolute atomic E-state index is 2.74. The molecule has 420 valence electrons. The SMILES string of the molecule is CC(C)(C)c1ccc(N2c3ccc(-c4ccc5c(c4)C4(c6cc(-c7ccc8c(c7)C7(C)CCCCC7(C)N8c7ccc(C(C)(C)C)cc7)ccc6-5)c5ccccc5-c5c4cc4ccc6cccc7ccc5c4c67)cc3C3(C)CCCCC23C)cc1. The van der Waals surface area contributed by atoms with Gasteiger partial charge >= 0.3 is 0 Å². The van der Waals surface area contributed by atoms with Gasteiger partial charge in [-0.1, -0.05) is 208 Å². The molecular weight excluding hydrogens is 1020 g/mol. The van der Waals surface area contributed by atoms with Gasteiger partial charge in [0.2, 0.25) is 0 Å². The molecule has 0 aromatic heterocycles. The molecular formula is C83H78N2. The van der Waals surface area contributed by atoms with Gasteiger partial charge in [-0.2, -0.15) is 0 Å². The topological polar surface area (TPSA) is 6.48 Å². The van der Waals surface area contributed by atoms with Crippen molar-refractivity contribution >= 4 is 55.1 Å². The zero-order valence-electron chi connectivity index (χ0n) is 51.5. The molecule has 1 spiro atoms. The summed E-state index contributed by atoms with van der Waals surface area (Å²) in [6.07, 6.45) is 9.73. The molecule has 0 bridgehead atoms. The van der Waals surface area contributed by atoms with Crippen LogP contribution in [0.2, 0.25) is 0 Å². The van der Waals surface area contributed by atoms with Crippen LogP contribution in [0.5, 0.6) is 0 Å². The molecule has 85 heavy (non-hydrogen) atoms. The lowest BCUT2D eigenvalue weighted by atomic mass is 9.61. The van der Waals surface area contributed by atoms with Crippen LogP contribution in [0, 0.1) is 0 Å². The maximum atomic E-state index is 2.74. The van der Waals surface area contributed by atoms with Crippen molar-refractivity contribution in [2.24, 2.45) is 0 Å². The van der Waals surface area contributed by atoms with Gasteiger partial charge in [0.25, 0.3) is 0 Å². The minimum atomic E-state index is -0.575. The van der Waals surface area contributed by atoms with Gasteiger partial charge in [0, 0.05) is 33.6 Å². The monoisotopic (exact) mass is 1100 g/mol. The first-order valence-corrected chi connectivity index (χ1v) is 32.1. The summed E-state index contributed by atoms with van der Waals surface area (Å²) in [6, 6.07) is 77.9. The molecule has 2 fully saturated rings. The van der Waals surface area contributed by atoms with E-state index < -0.39 is 5.41 Å². The van der Waals surface area contributed by atoms with Gasteiger partial charge in [-0.3, -0.25) is 0 Å². The normalized spacial score (nSPS) is 24.4. The fourth-order valence-corrected chi connectivity index (χ4v) is 18.7. The molecule has 17 rings (SSSR count). The lowest BCUT2D eigenvalue weighted by Gasteiger charge is -2.50. The van der Waals surface area contributed by atoms with E-state index in [-0.39, 0.29) is 32.7 Å². The Morgan fingerprint density at radius 1 is 0.341 bits per heavy atom. The van der Waals surface area contributed by atoms with Gasteiger partial charge in [0.1, 0.15) is 0 Å². The van der Waals surface area contributed by atoms with E-state index in [0.29, 0.717) is 0 Å². The molecule has 2 heterocycles. The molecule has 4 unspecified atom stereocenters. The van der Waals surface area contributed by atoms with Crippen molar-refractivity contribution in [3.05, 3.63) is 239 Å². The molecule has 4 atom stereocenters. The second-order valence-corrected chi connectivity index (χ2v) is 29.8. The van der Waals surface area contributed by atoms with E-state index in [1.807, 2.05) is 0 Å². The minimum Gasteiger partial charge on any atom is -0.334 e. The number of benzene rings is 11. The van der Waals surface area contributed by atoms with E-state index in [0.717, 1.165) is 0 Å². The van der Waals surface area contributed by atoms with E-state index >= 15 is 0 Å². The summed E-state index contributed by atoms with van der Waals surface area (Å²) in [6.45, 7) is 24.2. The number of anilines is 4. The van der Waals surface area contributed by atoms with Crippen LogP contribution < -0.4 is 9.80 Å². The number of nitrogens with zero attached hydrogens (tertiary/aromatic N) is 2. The van der Waals surface area contributed by atoms with Crippen LogP contribution in [-0.2, 0) is 27.1 Å². The van der Waals surface area contributed by atoms with Crippen LogP contribution in [0.4, 0.5) is 22.7 Å². The van der Waals surface area contributed by atoms with E-state index in [9.17, 15) is 0 Å². The number of hydrogen-bond donors (Lipinski definition) is 0. The number of hydrogen-bond acceptors (Lipinski definition) is 2. The Hall–Kier alpha value is -7.94. The smallest absolute Gasteiger partial charge is 0.0726 e. The molecule has 2 aliphatic heterocycles. The van der Waals surface area contributed by atoms with Gasteiger partial charge in [0.15, 0.2) is 0 Å². The quantitative estimate of drug-likeness (QED) is 0.162. The molecule has 0 amide bonds. The first kappa shape index (κ1) is 51.5. The van der Waals surface area contributed by atoms with E-state index in [2.05, 4.69) is 273 Å². The van der Waals surface area contributed by atoms with Crippen molar-refractivity contribution in [3.8, 4) is 44.5 Å². The Labute approximate surface area is 503 Å². The van der Waals surface area contributed by atoms with Crippen molar-refractivity contribution in [3.63, 3.8) is 0 Å². The van der Waals surface area contributed by atoms with Crippen molar-refractivity contribution in [2.45, 2.75) is 159 Å². The summed E-state index contributed by atoms with van der Waals surface area (Å²) in [7, 11) is 0. The fraction of sp³-hybridized carbons (Fsp3) is 0.301. The highest BCUT2D eigenvalue weighted by atomic mass is 15.3. The molecule has 11 aromatic rings. The average molecular weight is 1100 g/mol. The second kappa shape index (κ2) is 17.2. The molecule has 11 aromatic carbocycles. The van der Waals surface area contributed by atoms with Crippen LogP contribution in [0.25, 0.3) is 76.8 Å². The van der Waals surface area contributed by atoms with Gasteiger partial charge in [-0.05, 0) is 238 Å². The molecule has 0 radical (unpaired) electrons. The summed E-state index contributed by atoms with van der Waals surface area (Å²) in [5.41, 5.74) is 26.8. The average Bonchev–Trinajstić information content (AvgIpc) is 1.70. The van der Waals surface area contributed by atoms with Gasteiger partial charge < -0.3 is 9.80 Å². The minimum absolute atomic E-state index is 0.00617. The molecule has 2 nitrogen and oxygen atoms in total. The largest absolute Gasteiger partial charge is 0.334 e. The molecule has 0 N–H and O–H groups in total. The zero-order chi connectivity index (χ0) is 58.0. The van der Waals surface area contributed by atoms with E-state index in [1.165, 1.54) is 195 Å². The Balaban J connectivity index is 0.869. The summed E-state index contributed by atoms with van der Waals surface area (Å²) in [4.78, 5) is 5.48. The van der Waals surface area contributed by atoms with Crippen molar-refractivity contribution in [2.75, 3.05) is 9.80 Å². The maximum Gasteiger partial charge on any atom is 0.0726 e. The first-order chi connectivity index (χ1) is 40.8. The van der Waals surface area contributed by atoms with Crippen LogP contribution in [0.1, 0.15) is 165 Å². The van der Waals surface area contributed by atoms with Gasteiger partial charge in [-0.25, -0.2) is 0 Å².